The lowest BCUT2D eigenvalue weighted by Crippen LogP contribution is -2.43. The Balaban J connectivity index is 2.29. The molecule has 2 nitrogen and oxygen atoms in total. The highest BCUT2D eigenvalue weighted by Crippen LogP contribution is 2.40. The van der Waals surface area contributed by atoms with Crippen LogP contribution in [0, 0.1) is 0 Å². The van der Waals surface area contributed by atoms with E-state index in [1.807, 2.05) is 24.3 Å². The Morgan fingerprint density at radius 3 is 2.04 bits per heavy atom. The van der Waals surface area contributed by atoms with Crippen molar-refractivity contribution in [3.63, 3.8) is 0 Å². The molecule has 0 heterocycles. The van der Waals surface area contributed by atoms with E-state index in [0.717, 1.165) is 17.1 Å². The molecule has 0 amide bonds. The summed E-state index contributed by atoms with van der Waals surface area (Å²) in [6.45, 7) is 11.2. The van der Waals surface area contributed by atoms with E-state index in [0.29, 0.717) is 0 Å². The normalized spacial score (nSPS) is 12.4. The zero-order valence-electron chi connectivity index (χ0n) is 15.6. The van der Waals surface area contributed by atoms with Crippen molar-refractivity contribution in [3.05, 3.63) is 59.7 Å². The van der Waals surface area contributed by atoms with Gasteiger partial charge in [-0.3, -0.25) is 0 Å². The van der Waals surface area contributed by atoms with Gasteiger partial charge in [0.2, 0.25) is 0 Å². The topological polar surface area (TPSA) is 18.5 Å². The van der Waals surface area contributed by atoms with Crippen LogP contribution in [0.1, 0.15) is 31.9 Å². The molecule has 0 N–H and O–H groups in total. The van der Waals surface area contributed by atoms with Gasteiger partial charge in [-0.2, -0.15) is 0 Å². The van der Waals surface area contributed by atoms with Gasteiger partial charge in [0.1, 0.15) is 5.75 Å². The Hall–Kier alpha value is -2.00. The van der Waals surface area contributed by atoms with Gasteiger partial charge in [-0.1, -0.05) is 69.3 Å². The second kappa shape index (κ2) is 7.26. The third kappa shape index (κ3) is 4.51. The standard InChI is InChI=1S/C21H28O2Si/c1-21(2,3)24(5,6)23-20-16-18(14-15-19(20)22-4)13-12-17-10-8-7-9-11-17/h7-16H,1-6H3/b13-12-. The molecule has 0 atom stereocenters. The summed E-state index contributed by atoms with van der Waals surface area (Å²) in [5.74, 6) is 1.62. The van der Waals surface area contributed by atoms with Crippen molar-refractivity contribution in [2.45, 2.75) is 38.9 Å². The van der Waals surface area contributed by atoms with Gasteiger partial charge in [-0.25, -0.2) is 0 Å². The summed E-state index contributed by atoms with van der Waals surface area (Å²) in [7, 11) is -0.219. The van der Waals surface area contributed by atoms with E-state index < -0.39 is 8.32 Å². The Morgan fingerprint density at radius 2 is 1.46 bits per heavy atom. The van der Waals surface area contributed by atoms with Crippen molar-refractivity contribution in [3.8, 4) is 11.5 Å². The molecule has 0 saturated heterocycles. The van der Waals surface area contributed by atoms with Crippen molar-refractivity contribution in [2.75, 3.05) is 7.11 Å². The Labute approximate surface area is 147 Å². The largest absolute Gasteiger partial charge is 0.541 e. The van der Waals surface area contributed by atoms with Gasteiger partial charge in [0.25, 0.3) is 8.32 Å². The SMILES string of the molecule is COc1ccc(/C=C\c2ccccc2)cc1O[Si](C)(C)C(C)(C)C. The summed E-state index contributed by atoms with van der Waals surface area (Å²) in [4.78, 5) is 0. The second-order valence-corrected chi connectivity index (χ2v) is 12.2. The Morgan fingerprint density at radius 1 is 0.833 bits per heavy atom. The Bertz CT molecular complexity index is 698. The van der Waals surface area contributed by atoms with Crippen LogP contribution in [0.3, 0.4) is 0 Å². The molecule has 0 unspecified atom stereocenters. The third-order valence-electron chi connectivity index (χ3n) is 4.63. The molecule has 0 spiro atoms. The minimum atomic E-state index is -1.91. The molecule has 2 aromatic carbocycles. The minimum absolute atomic E-state index is 0.147. The molecule has 2 rings (SSSR count). The van der Waals surface area contributed by atoms with E-state index in [1.165, 1.54) is 5.56 Å². The van der Waals surface area contributed by atoms with Gasteiger partial charge in [-0.15, -0.1) is 0 Å². The first-order chi connectivity index (χ1) is 11.2. The van der Waals surface area contributed by atoms with E-state index in [4.69, 9.17) is 9.16 Å². The minimum Gasteiger partial charge on any atom is -0.541 e. The first kappa shape index (κ1) is 18.3. The fourth-order valence-corrected chi connectivity index (χ4v) is 3.08. The summed E-state index contributed by atoms with van der Waals surface area (Å²) in [5.41, 5.74) is 2.29. The predicted molar refractivity (Wildman–Crippen MR) is 106 cm³/mol. The maximum Gasteiger partial charge on any atom is 0.250 e. The molecule has 24 heavy (non-hydrogen) atoms. The highest BCUT2D eigenvalue weighted by molar-refractivity contribution is 6.74. The van der Waals surface area contributed by atoms with E-state index in [1.54, 1.807) is 7.11 Å². The molecule has 0 bridgehead atoms. The molecule has 0 aromatic heterocycles. The van der Waals surface area contributed by atoms with Gasteiger partial charge in [-0.05, 0) is 41.4 Å². The van der Waals surface area contributed by atoms with E-state index >= 15 is 0 Å². The maximum absolute atomic E-state index is 6.46. The average Bonchev–Trinajstić information content (AvgIpc) is 2.52. The van der Waals surface area contributed by atoms with Crippen LogP contribution in [0.5, 0.6) is 11.5 Å². The van der Waals surface area contributed by atoms with Crippen LogP contribution >= 0.6 is 0 Å². The molecule has 0 aliphatic rings. The smallest absolute Gasteiger partial charge is 0.250 e. The number of benzene rings is 2. The molecule has 3 heteroatoms. The molecular formula is C21H28O2Si. The number of methoxy groups -OCH3 is 1. The van der Waals surface area contributed by atoms with Gasteiger partial charge in [0.05, 0.1) is 7.11 Å². The summed E-state index contributed by atoms with van der Waals surface area (Å²) in [6.07, 6.45) is 4.21. The van der Waals surface area contributed by atoms with Crippen molar-refractivity contribution in [1.82, 2.24) is 0 Å². The van der Waals surface area contributed by atoms with E-state index in [9.17, 15) is 0 Å². The van der Waals surface area contributed by atoms with Gasteiger partial charge < -0.3 is 9.16 Å². The first-order valence-electron chi connectivity index (χ1n) is 8.33. The summed E-state index contributed by atoms with van der Waals surface area (Å²) in [6, 6.07) is 16.4. The predicted octanol–water partition coefficient (Wildman–Crippen LogP) is 6.25. The highest BCUT2D eigenvalue weighted by atomic mass is 28.4. The van der Waals surface area contributed by atoms with Crippen LogP contribution in [0.2, 0.25) is 18.1 Å². The molecule has 0 saturated carbocycles. The van der Waals surface area contributed by atoms with Crippen molar-refractivity contribution < 1.29 is 9.16 Å². The maximum atomic E-state index is 6.46. The number of hydrogen-bond donors (Lipinski definition) is 0. The van der Waals surface area contributed by atoms with Crippen LogP contribution in [-0.4, -0.2) is 15.4 Å². The first-order valence-corrected chi connectivity index (χ1v) is 11.2. The number of ether oxygens (including phenoxy) is 1. The van der Waals surface area contributed by atoms with Crippen LogP contribution < -0.4 is 9.16 Å². The van der Waals surface area contributed by atoms with Gasteiger partial charge >= 0.3 is 0 Å². The molecule has 0 aliphatic carbocycles. The van der Waals surface area contributed by atoms with Crippen LogP contribution in [0.15, 0.2) is 48.5 Å². The lowest BCUT2D eigenvalue weighted by Gasteiger charge is -2.36. The number of rotatable bonds is 5. The summed E-state index contributed by atoms with van der Waals surface area (Å²) in [5, 5.41) is 0.147. The molecule has 0 radical (unpaired) electrons. The van der Waals surface area contributed by atoms with Crippen LogP contribution in [0.4, 0.5) is 0 Å². The van der Waals surface area contributed by atoms with Crippen LogP contribution in [-0.2, 0) is 0 Å². The quantitative estimate of drug-likeness (QED) is 0.473. The van der Waals surface area contributed by atoms with Crippen LogP contribution in [0.25, 0.3) is 12.2 Å². The fraction of sp³-hybridized carbons (Fsp3) is 0.333. The molecular weight excluding hydrogens is 312 g/mol. The van der Waals surface area contributed by atoms with Crippen molar-refractivity contribution in [2.24, 2.45) is 0 Å². The monoisotopic (exact) mass is 340 g/mol. The van der Waals surface area contributed by atoms with E-state index in [-0.39, 0.29) is 5.04 Å². The van der Waals surface area contributed by atoms with Gasteiger partial charge in [0, 0.05) is 0 Å². The molecule has 2 aromatic rings. The fourth-order valence-electron chi connectivity index (χ4n) is 2.06. The molecule has 128 valence electrons. The zero-order valence-corrected chi connectivity index (χ0v) is 16.6. The zero-order chi connectivity index (χ0) is 17.8. The Kier molecular flexibility index (Phi) is 5.55. The van der Waals surface area contributed by atoms with Crippen molar-refractivity contribution in [1.29, 1.82) is 0 Å². The van der Waals surface area contributed by atoms with E-state index in [2.05, 4.69) is 70.3 Å². The highest BCUT2D eigenvalue weighted by Gasteiger charge is 2.39. The second-order valence-electron chi connectivity index (χ2n) is 7.52. The average molecular weight is 341 g/mol. The lowest BCUT2D eigenvalue weighted by molar-refractivity contribution is 0.386. The summed E-state index contributed by atoms with van der Waals surface area (Å²) >= 11 is 0. The van der Waals surface area contributed by atoms with Crippen molar-refractivity contribution >= 4 is 20.5 Å². The third-order valence-corrected chi connectivity index (χ3v) is 8.97. The molecule has 0 aliphatic heterocycles. The lowest BCUT2D eigenvalue weighted by atomic mass is 10.1. The summed E-state index contributed by atoms with van der Waals surface area (Å²) < 4.78 is 12.0. The molecule has 0 fully saturated rings. The number of hydrogen-bond acceptors (Lipinski definition) is 2. The van der Waals surface area contributed by atoms with Gasteiger partial charge in [0.15, 0.2) is 5.75 Å².